The average molecular weight is 363 g/mol. The number of anilines is 1. The van der Waals surface area contributed by atoms with Gasteiger partial charge in [-0.2, -0.15) is 0 Å². The Labute approximate surface area is 157 Å². The topological polar surface area (TPSA) is 48.0 Å². The summed E-state index contributed by atoms with van der Waals surface area (Å²) in [6, 6.07) is 12.2. The van der Waals surface area contributed by atoms with Crippen LogP contribution in [0, 0.1) is 0 Å². The van der Waals surface area contributed by atoms with Crippen molar-refractivity contribution in [3.63, 3.8) is 0 Å². The normalized spacial score (nSPS) is 27.5. The van der Waals surface area contributed by atoms with Gasteiger partial charge in [0, 0.05) is 29.8 Å². The number of benzene rings is 2. The maximum Gasteiger partial charge on any atom is 0.245 e. The Morgan fingerprint density at radius 2 is 2.00 bits per heavy atom. The van der Waals surface area contributed by atoms with E-state index in [-0.39, 0.29) is 12.0 Å². The number of nitrogens with zero attached hydrogens (tertiary/aromatic N) is 1. The second-order valence-corrected chi connectivity index (χ2v) is 7.82. The van der Waals surface area contributed by atoms with Crippen molar-refractivity contribution in [2.75, 3.05) is 31.3 Å². The van der Waals surface area contributed by atoms with Crippen LogP contribution in [0.1, 0.15) is 29.5 Å². The average Bonchev–Trinajstić information content (AvgIpc) is 3.46. The highest BCUT2D eigenvalue weighted by Crippen LogP contribution is 2.54. The summed E-state index contributed by atoms with van der Waals surface area (Å²) >= 11 is 0. The molecule has 2 unspecified atom stereocenters. The van der Waals surface area contributed by atoms with Crippen molar-refractivity contribution in [1.29, 1.82) is 0 Å². The number of hydrogen-bond acceptors (Lipinski definition) is 4. The molecular weight excluding hydrogens is 342 g/mol. The molecule has 5 heteroatoms. The molecule has 4 aliphatic heterocycles. The van der Waals surface area contributed by atoms with E-state index in [2.05, 4.69) is 12.1 Å². The van der Waals surface area contributed by atoms with Crippen LogP contribution in [0.2, 0.25) is 0 Å². The lowest BCUT2D eigenvalue weighted by Crippen LogP contribution is -2.44. The Morgan fingerprint density at radius 1 is 1.07 bits per heavy atom. The fourth-order valence-corrected chi connectivity index (χ4v) is 5.02. The first-order valence-electron chi connectivity index (χ1n) is 9.73. The molecule has 1 amide bonds. The summed E-state index contributed by atoms with van der Waals surface area (Å²) < 4.78 is 17.7. The summed E-state index contributed by atoms with van der Waals surface area (Å²) in [5, 5.41) is 0. The number of para-hydroxylation sites is 1. The van der Waals surface area contributed by atoms with E-state index in [1.807, 2.05) is 29.2 Å². The van der Waals surface area contributed by atoms with E-state index < -0.39 is 5.41 Å². The van der Waals surface area contributed by atoms with E-state index in [0.717, 1.165) is 54.2 Å². The number of hydrogen-bond donors (Lipinski definition) is 0. The molecule has 1 saturated heterocycles. The molecule has 0 aliphatic carbocycles. The third-order valence-electron chi connectivity index (χ3n) is 6.37. The summed E-state index contributed by atoms with van der Waals surface area (Å²) in [6.45, 7) is 2.44. The van der Waals surface area contributed by atoms with E-state index in [9.17, 15) is 4.79 Å². The van der Waals surface area contributed by atoms with Gasteiger partial charge in [-0.15, -0.1) is 0 Å². The van der Waals surface area contributed by atoms with E-state index in [1.54, 1.807) is 0 Å². The van der Waals surface area contributed by atoms with Crippen molar-refractivity contribution in [2.24, 2.45) is 0 Å². The summed E-state index contributed by atoms with van der Waals surface area (Å²) in [5.41, 5.74) is 3.35. The van der Waals surface area contributed by atoms with Gasteiger partial charge in [0.25, 0.3) is 0 Å². The molecule has 1 spiro atoms. The van der Waals surface area contributed by atoms with Crippen molar-refractivity contribution in [1.82, 2.24) is 0 Å². The van der Waals surface area contributed by atoms with Crippen LogP contribution in [0.3, 0.4) is 0 Å². The van der Waals surface area contributed by atoms with Gasteiger partial charge in [0.2, 0.25) is 5.91 Å². The molecule has 0 saturated carbocycles. The summed E-state index contributed by atoms with van der Waals surface area (Å²) in [6.07, 6.45) is 3.08. The zero-order chi connectivity index (χ0) is 18.0. The van der Waals surface area contributed by atoms with Crippen LogP contribution >= 0.6 is 0 Å². The Balaban J connectivity index is 1.49. The minimum atomic E-state index is -0.772. The van der Waals surface area contributed by atoms with Gasteiger partial charge in [-0.05, 0) is 36.6 Å². The van der Waals surface area contributed by atoms with Crippen LogP contribution in [-0.4, -0.2) is 38.4 Å². The van der Waals surface area contributed by atoms with E-state index in [4.69, 9.17) is 14.2 Å². The molecule has 1 fully saturated rings. The lowest BCUT2D eigenvalue weighted by atomic mass is 9.77. The molecule has 2 atom stereocenters. The van der Waals surface area contributed by atoms with E-state index in [0.29, 0.717) is 19.8 Å². The summed E-state index contributed by atoms with van der Waals surface area (Å²) in [5.74, 6) is 1.80. The summed E-state index contributed by atoms with van der Waals surface area (Å²) in [4.78, 5) is 15.7. The first kappa shape index (κ1) is 15.5. The number of amides is 1. The number of ether oxygens (including phenoxy) is 3. The van der Waals surface area contributed by atoms with Gasteiger partial charge in [-0.1, -0.05) is 18.2 Å². The monoisotopic (exact) mass is 363 g/mol. The first-order chi connectivity index (χ1) is 13.3. The molecule has 0 N–H and O–H groups in total. The lowest BCUT2D eigenvalue weighted by Gasteiger charge is -2.25. The molecule has 4 aliphatic rings. The molecule has 27 heavy (non-hydrogen) atoms. The zero-order valence-corrected chi connectivity index (χ0v) is 15.1. The molecule has 0 radical (unpaired) electrons. The Bertz CT molecular complexity index is 949. The van der Waals surface area contributed by atoms with E-state index >= 15 is 0 Å². The van der Waals surface area contributed by atoms with Gasteiger partial charge in [0.05, 0.1) is 19.3 Å². The highest BCUT2D eigenvalue weighted by Gasteiger charge is 2.57. The summed E-state index contributed by atoms with van der Waals surface area (Å²) in [7, 11) is 0. The predicted molar refractivity (Wildman–Crippen MR) is 99.7 cm³/mol. The Morgan fingerprint density at radius 3 is 2.89 bits per heavy atom. The van der Waals surface area contributed by atoms with Gasteiger partial charge in [-0.3, -0.25) is 4.79 Å². The minimum absolute atomic E-state index is 0.0934. The van der Waals surface area contributed by atoms with Crippen molar-refractivity contribution < 1.29 is 19.0 Å². The van der Waals surface area contributed by atoms with Gasteiger partial charge in [0.15, 0.2) is 0 Å². The first-order valence-corrected chi connectivity index (χ1v) is 9.73. The zero-order valence-electron chi connectivity index (χ0n) is 15.1. The fourth-order valence-electron chi connectivity index (χ4n) is 5.02. The minimum Gasteiger partial charge on any atom is -0.493 e. The van der Waals surface area contributed by atoms with Gasteiger partial charge >= 0.3 is 0 Å². The van der Waals surface area contributed by atoms with Crippen LogP contribution in [0.15, 0.2) is 36.4 Å². The van der Waals surface area contributed by atoms with Crippen molar-refractivity contribution in [3.8, 4) is 11.5 Å². The van der Waals surface area contributed by atoms with Crippen molar-refractivity contribution >= 4 is 11.6 Å². The van der Waals surface area contributed by atoms with Crippen LogP contribution in [-0.2, 0) is 21.4 Å². The van der Waals surface area contributed by atoms with Crippen LogP contribution < -0.4 is 14.4 Å². The largest absolute Gasteiger partial charge is 0.493 e. The third kappa shape index (κ3) is 2.00. The predicted octanol–water partition coefficient (Wildman–Crippen LogP) is 2.83. The molecule has 0 bridgehead atoms. The maximum atomic E-state index is 13.8. The fraction of sp³-hybridized carbons (Fsp3) is 0.409. The van der Waals surface area contributed by atoms with Crippen LogP contribution in [0.25, 0.3) is 0 Å². The third-order valence-corrected chi connectivity index (χ3v) is 6.37. The van der Waals surface area contributed by atoms with Crippen molar-refractivity contribution in [2.45, 2.75) is 30.8 Å². The quantitative estimate of drug-likeness (QED) is 0.823. The van der Waals surface area contributed by atoms with Gasteiger partial charge in [-0.25, -0.2) is 0 Å². The Hall–Kier alpha value is -2.53. The molecular formula is C22H21NO4. The molecule has 2 aromatic carbocycles. The number of carbonyl (C=O) groups excluding carboxylic acids is 1. The number of rotatable bonds is 2. The number of carbonyl (C=O) groups is 1. The second-order valence-electron chi connectivity index (χ2n) is 7.82. The molecule has 4 heterocycles. The van der Waals surface area contributed by atoms with Gasteiger partial charge in [0.1, 0.15) is 23.5 Å². The van der Waals surface area contributed by atoms with Crippen LogP contribution in [0.5, 0.6) is 11.5 Å². The van der Waals surface area contributed by atoms with Crippen LogP contribution in [0.4, 0.5) is 5.69 Å². The lowest BCUT2D eigenvalue weighted by molar-refractivity contribution is -0.122. The highest BCUT2D eigenvalue weighted by atomic mass is 16.5. The molecule has 0 aromatic heterocycles. The number of fused-ring (bicyclic) bond motifs is 5. The Kier molecular flexibility index (Phi) is 3.15. The van der Waals surface area contributed by atoms with Gasteiger partial charge < -0.3 is 19.1 Å². The van der Waals surface area contributed by atoms with Crippen molar-refractivity contribution in [3.05, 3.63) is 53.1 Å². The molecule has 6 rings (SSSR count). The molecule has 2 aromatic rings. The highest BCUT2D eigenvalue weighted by molar-refractivity contribution is 6.11. The second kappa shape index (κ2) is 5.49. The van der Waals surface area contributed by atoms with E-state index in [1.165, 1.54) is 5.56 Å². The standard InChI is InChI=1S/C22H21NO4/c24-21-22(13-27-20-10-14-7-9-26-19(14)11-17(20)22)16-5-1-2-6-18(16)23(21)12-15-4-3-8-25-15/h1-2,5-6,10-11,15H,3-4,7-9,12-13H2. The molecule has 138 valence electrons. The SMILES string of the molecule is O=C1N(CC2CCCO2)c2ccccc2C12COc1cc3c(cc12)OCC3. The maximum absolute atomic E-state index is 13.8. The smallest absolute Gasteiger partial charge is 0.245 e. The molecule has 5 nitrogen and oxygen atoms in total.